The minimum Gasteiger partial charge on any atom is -0.390 e. The van der Waals surface area contributed by atoms with E-state index in [1.54, 1.807) is 41.5 Å². The van der Waals surface area contributed by atoms with Crippen LogP contribution in [0.3, 0.4) is 0 Å². The highest BCUT2D eigenvalue weighted by molar-refractivity contribution is 5.03. The van der Waals surface area contributed by atoms with Crippen molar-refractivity contribution < 1.29 is 108 Å². The molecule has 0 heterocycles. The Hall–Kier alpha value is -1.50. The second kappa shape index (κ2) is 23.2. The molecule has 0 aromatic heterocycles. The van der Waals surface area contributed by atoms with Gasteiger partial charge in [0.2, 0.25) is 0 Å². The maximum atomic E-state index is 14.3. The van der Waals surface area contributed by atoms with Gasteiger partial charge >= 0.3 is 47.9 Å². The first-order valence-electron chi connectivity index (χ1n) is 23.6. The number of halogens is 18. The quantitative estimate of drug-likeness (QED) is 0.0504. The van der Waals surface area contributed by atoms with Gasteiger partial charge in [0, 0.05) is 23.7 Å². The smallest absolute Gasteiger partial charge is 0.390 e. The second-order valence-corrected chi connectivity index (χ2v) is 20.8. The number of alkyl halides is 18. The summed E-state index contributed by atoms with van der Waals surface area (Å²) in [5.74, 6) is -39.4. The molecular formula is C46H74F18O6. The molecule has 1 saturated carbocycles. The van der Waals surface area contributed by atoms with E-state index >= 15 is 0 Å². The van der Waals surface area contributed by atoms with E-state index in [4.69, 9.17) is 18.9 Å². The van der Waals surface area contributed by atoms with Gasteiger partial charge < -0.3 is 29.2 Å². The van der Waals surface area contributed by atoms with Crippen LogP contribution in [-0.2, 0) is 18.9 Å². The maximum absolute atomic E-state index is 14.3. The first kappa shape index (κ1) is 66.5. The van der Waals surface area contributed by atoms with Gasteiger partial charge in [-0.3, -0.25) is 0 Å². The zero-order valence-electron chi connectivity index (χ0n) is 41.7. The Balaban J connectivity index is 3.35. The van der Waals surface area contributed by atoms with Crippen molar-refractivity contribution in [1.29, 1.82) is 0 Å². The summed E-state index contributed by atoms with van der Waals surface area (Å²) in [6, 6.07) is 0. The largest absolute Gasteiger partial charge is 0.460 e. The molecule has 0 saturated heterocycles. The molecule has 4 unspecified atom stereocenters. The highest BCUT2D eigenvalue weighted by Crippen LogP contribution is 2.57. The summed E-state index contributed by atoms with van der Waals surface area (Å²) in [7, 11) is 0. The molecule has 24 heteroatoms. The lowest BCUT2D eigenvalue weighted by molar-refractivity contribution is -0.397. The topological polar surface area (TPSA) is 77.4 Å². The van der Waals surface area contributed by atoms with E-state index < -0.39 is 126 Å². The average molecular weight is 1070 g/mol. The minimum absolute atomic E-state index is 0.0953. The van der Waals surface area contributed by atoms with Crippen LogP contribution in [0.4, 0.5) is 79.0 Å². The highest BCUT2D eigenvalue weighted by atomic mass is 19.4. The van der Waals surface area contributed by atoms with Crippen molar-refractivity contribution in [2.24, 2.45) is 16.2 Å². The van der Waals surface area contributed by atoms with Gasteiger partial charge in [0.05, 0.1) is 62.0 Å². The van der Waals surface area contributed by atoms with Crippen molar-refractivity contribution in [3.05, 3.63) is 0 Å². The Kier molecular flexibility index (Phi) is 22.0. The molecule has 1 aliphatic rings. The molecule has 0 radical (unpaired) electrons. The van der Waals surface area contributed by atoms with Crippen LogP contribution in [0.25, 0.3) is 0 Å². The molecule has 70 heavy (non-hydrogen) atoms. The maximum Gasteiger partial charge on any atom is 0.460 e. The Labute approximate surface area is 399 Å². The zero-order valence-corrected chi connectivity index (χ0v) is 41.7. The molecule has 1 fully saturated rings. The molecule has 0 bridgehead atoms. The van der Waals surface area contributed by atoms with Crippen molar-refractivity contribution in [2.45, 2.75) is 236 Å². The number of rotatable bonds is 33. The minimum atomic E-state index is -7.06. The molecule has 0 aliphatic heterocycles. The average Bonchev–Trinajstić information content (AvgIpc) is 3.59. The number of aliphatic hydroxyl groups is 2. The van der Waals surface area contributed by atoms with E-state index in [0.29, 0.717) is 44.9 Å². The second-order valence-electron chi connectivity index (χ2n) is 20.8. The lowest BCUT2D eigenvalue weighted by Gasteiger charge is -2.44. The molecule has 0 spiro atoms. The van der Waals surface area contributed by atoms with Crippen LogP contribution in [0.5, 0.6) is 0 Å². The molecule has 0 aromatic rings. The van der Waals surface area contributed by atoms with Crippen LogP contribution in [0.15, 0.2) is 0 Å². The summed E-state index contributed by atoms with van der Waals surface area (Å²) in [6.07, 6.45) is -14.9. The Morgan fingerprint density at radius 2 is 0.829 bits per heavy atom. The Bertz CT molecular complexity index is 1600. The van der Waals surface area contributed by atoms with Crippen LogP contribution in [0.1, 0.15) is 166 Å². The number of hydrogen-bond donors (Lipinski definition) is 2. The van der Waals surface area contributed by atoms with Crippen molar-refractivity contribution in [1.82, 2.24) is 0 Å². The normalized spacial score (nSPS) is 21.9. The molecule has 6 nitrogen and oxygen atoms in total. The van der Waals surface area contributed by atoms with Crippen LogP contribution < -0.4 is 0 Å². The molecule has 1 rings (SSSR count). The lowest BCUT2D eigenvalue weighted by atomic mass is 9.73. The zero-order chi connectivity index (χ0) is 55.2. The predicted octanol–water partition coefficient (Wildman–Crippen LogP) is 15.0. The summed E-state index contributed by atoms with van der Waals surface area (Å²) in [5, 5.41) is 22.6. The van der Waals surface area contributed by atoms with Gasteiger partial charge in [-0.25, -0.2) is 0 Å². The monoisotopic (exact) mass is 1060 g/mol. The van der Waals surface area contributed by atoms with Gasteiger partial charge in [-0.1, -0.05) is 69.2 Å². The van der Waals surface area contributed by atoms with Gasteiger partial charge in [-0.2, -0.15) is 79.0 Å². The van der Waals surface area contributed by atoms with Gasteiger partial charge in [0.25, 0.3) is 0 Å². The van der Waals surface area contributed by atoms with Gasteiger partial charge in [0.15, 0.2) is 0 Å². The standard InChI is InChI=1S/C46H74F18O6/c1-11-35(65,12-2)24-33(9,28-67-22-20-39(47,48)41(51,52)43(55,56)45(59,60)61)30-69-37(15-5,16-6)26-32(8)18-19-38(17-7,27-32)70-31-34(10,25-36(66,13-3)14-4)29-68-23-21-40(49,50)42(53,54)44(57,58)46(62,63)64/h65-66H,11-31H2,1-10H3. The van der Waals surface area contributed by atoms with Crippen LogP contribution >= 0.6 is 0 Å². The summed E-state index contributed by atoms with van der Waals surface area (Å²) in [6.45, 7) is 12.9. The summed E-state index contributed by atoms with van der Waals surface area (Å²) >= 11 is 0. The first-order chi connectivity index (χ1) is 31.3. The third-order valence-electron chi connectivity index (χ3n) is 14.7. The third-order valence-corrected chi connectivity index (χ3v) is 14.7. The third kappa shape index (κ3) is 15.3. The fourth-order valence-electron chi connectivity index (χ4n) is 9.39. The lowest BCUT2D eigenvalue weighted by Crippen LogP contribution is -2.61. The van der Waals surface area contributed by atoms with E-state index in [1.165, 1.54) is 0 Å². The molecule has 2 N–H and O–H groups in total. The van der Waals surface area contributed by atoms with Gasteiger partial charge in [-0.15, -0.1) is 0 Å². The number of ether oxygens (including phenoxy) is 4. The van der Waals surface area contributed by atoms with Crippen molar-refractivity contribution in [3.8, 4) is 0 Å². The first-order valence-corrected chi connectivity index (χ1v) is 23.6. The summed E-state index contributed by atoms with van der Waals surface area (Å²) in [4.78, 5) is 0. The Morgan fingerprint density at radius 1 is 0.471 bits per heavy atom. The van der Waals surface area contributed by atoms with E-state index in [1.807, 2.05) is 27.7 Å². The molecule has 420 valence electrons. The van der Waals surface area contributed by atoms with Crippen LogP contribution in [0, 0.1) is 16.2 Å². The van der Waals surface area contributed by atoms with Crippen molar-refractivity contribution >= 4 is 0 Å². The summed E-state index contributed by atoms with van der Waals surface area (Å²) in [5.41, 5.74) is -7.65. The Morgan fingerprint density at radius 3 is 1.14 bits per heavy atom. The van der Waals surface area contributed by atoms with E-state index in [9.17, 15) is 89.2 Å². The van der Waals surface area contributed by atoms with E-state index in [0.717, 1.165) is 0 Å². The molecule has 4 atom stereocenters. The van der Waals surface area contributed by atoms with Gasteiger partial charge in [0.1, 0.15) is 0 Å². The molecule has 0 amide bonds. The van der Waals surface area contributed by atoms with Crippen molar-refractivity contribution in [3.63, 3.8) is 0 Å². The van der Waals surface area contributed by atoms with E-state index in [2.05, 4.69) is 0 Å². The predicted molar refractivity (Wildman–Crippen MR) is 224 cm³/mol. The molecule has 1 aliphatic carbocycles. The summed E-state index contributed by atoms with van der Waals surface area (Å²) < 4.78 is 267. The highest BCUT2D eigenvalue weighted by Gasteiger charge is 2.82. The van der Waals surface area contributed by atoms with Crippen LogP contribution in [0.2, 0.25) is 0 Å². The van der Waals surface area contributed by atoms with Crippen LogP contribution in [-0.4, -0.2) is 120 Å². The fourth-order valence-corrected chi connectivity index (χ4v) is 9.39. The molecule has 0 aromatic carbocycles. The van der Waals surface area contributed by atoms with Crippen molar-refractivity contribution in [2.75, 3.05) is 39.6 Å². The fraction of sp³-hybridized carbons (Fsp3) is 1.00. The van der Waals surface area contributed by atoms with Gasteiger partial charge in [-0.05, 0) is 88.9 Å². The SMILES string of the molecule is CCC(O)(CC)CC(C)(COCCC(F)(F)C(F)(F)C(F)(F)C(F)(F)F)COC(CC)(CC)CC1(C)CCC(CC)(OCC(C)(COCCC(F)(F)C(F)(F)C(F)(F)C(F)(F)F)CC(O)(CC)CC)C1. The van der Waals surface area contributed by atoms with E-state index in [-0.39, 0.29) is 51.7 Å². The molecular weight excluding hydrogens is 990 g/mol. The number of hydrogen-bond acceptors (Lipinski definition) is 6.